The van der Waals surface area contributed by atoms with E-state index in [1.165, 1.54) is 0 Å². The average molecular weight is 722 g/mol. The quantitative estimate of drug-likeness (QED) is 0.118. The third-order valence-corrected chi connectivity index (χ3v) is 10.1. The average Bonchev–Trinajstić information content (AvgIpc) is 3.96. The Bertz CT molecular complexity index is 2140. The molecule has 1 fully saturated rings. The van der Waals surface area contributed by atoms with Crippen LogP contribution in [-0.4, -0.2) is 84.8 Å². The van der Waals surface area contributed by atoms with Crippen LogP contribution in [0.1, 0.15) is 54.6 Å². The van der Waals surface area contributed by atoms with Crippen LogP contribution in [0.3, 0.4) is 0 Å². The monoisotopic (exact) mass is 721 g/mol. The molecule has 10 heteroatoms. The number of amides is 2. The number of hydrogen-bond donors (Lipinski definition) is 3. The van der Waals surface area contributed by atoms with Crippen LogP contribution < -0.4 is 0 Å². The van der Waals surface area contributed by atoms with Crippen molar-refractivity contribution in [1.29, 1.82) is 0 Å². The van der Waals surface area contributed by atoms with E-state index in [1.807, 2.05) is 90.8 Å². The zero-order valence-electron chi connectivity index (χ0n) is 31.0. The Morgan fingerprint density at radius 1 is 0.796 bits per heavy atom. The van der Waals surface area contributed by atoms with Gasteiger partial charge in [0, 0.05) is 19.5 Å². The number of nitrogens with one attached hydrogen (secondary N) is 2. The van der Waals surface area contributed by atoms with Crippen LogP contribution in [0.4, 0.5) is 0 Å². The second-order valence-corrected chi connectivity index (χ2v) is 14.2. The first kappa shape index (κ1) is 36.5. The number of carbonyl (C=O) groups excluding carboxylic acids is 2. The number of aromatic nitrogens is 4. The standard InChI is InChI=1S/C44H47N7O3/c1-4-23-50(44(54)42(49(2)3)35-13-9-6-10-14-35)29-40-45-26-37(47-40)33-19-15-31(16-20-33)32-17-21-34(22-18-32)38-27-46-43(48-38)39-25-36(52)28-51(39)41(53)24-30-11-7-5-8-12-30/h5-22,26-27,36,39,42,52H,4,23-25,28-29H2,1-3H3,(H,45,47)(H,46,48)/t36-,39-,42+/m0/s1. The van der Waals surface area contributed by atoms with E-state index in [0.717, 1.165) is 57.0 Å². The minimum Gasteiger partial charge on any atom is -0.391 e. The normalized spacial score (nSPS) is 16.1. The summed E-state index contributed by atoms with van der Waals surface area (Å²) in [5.41, 5.74) is 7.83. The fourth-order valence-electron chi connectivity index (χ4n) is 7.34. The van der Waals surface area contributed by atoms with E-state index < -0.39 is 6.10 Å². The fourth-order valence-corrected chi connectivity index (χ4v) is 7.34. The summed E-state index contributed by atoms with van der Waals surface area (Å²) >= 11 is 0. The molecule has 4 aromatic carbocycles. The fraction of sp³-hybridized carbons (Fsp3) is 0.273. The van der Waals surface area contributed by atoms with E-state index in [4.69, 9.17) is 0 Å². The van der Waals surface area contributed by atoms with Gasteiger partial charge in [0.05, 0.1) is 48.9 Å². The molecule has 3 N–H and O–H groups in total. The highest BCUT2D eigenvalue weighted by atomic mass is 16.3. The molecule has 276 valence electrons. The Hall–Kier alpha value is -5.84. The first-order chi connectivity index (χ1) is 26.3. The van der Waals surface area contributed by atoms with Crippen LogP contribution in [-0.2, 0) is 22.6 Å². The van der Waals surface area contributed by atoms with E-state index in [9.17, 15) is 14.7 Å². The summed E-state index contributed by atoms with van der Waals surface area (Å²) in [5.74, 6) is 1.46. The zero-order chi connectivity index (χ0) is 37.6. The highest BCUT2D eigenvalue weighted by Gasteiger charge is 2.37. The van der Waals surface area contributed by atoms with E-state index in [-0.39, 0.29) is 30.3 Å². The van der Waals surface area contributed by atoms with Crippen LogP contribution in [0.2, 0.25) is 0 Å². The largest absolute Gasteiger partial charge is 0.391 e. The summed E-state index contributed by atoms with van der Waals surface area (Å²) < 4.78 is 0. The maximum Gasteiger partial charge on any atom is 0.244 e. The van der Waals surface area contributed by atoms with E-state index in [1.54, 1.807) is 11.1 Å². The lowest BCUT2D eigenvalue weighted by Crippen LogP contribution is -2.40. The Balaban J connectivity index is 0.998. The number of carbonyl (C=O) groups is 2. The molecular weight excluding hydrogens is 675 g/mol. The Labute approximate surface area is 316 Å². The molecule has 2 aromatic heterocycles. The molecule has 54 heavy (non-hydrogen) atoms. The number of rotatable bonds is 13. The number of likely N-dealkylation sites (tertiary alicyclic amines) is 1. The Kier molecular flexibility index (Phi) is 11.1. The van der Waals surface area contributed by atoms with Crippen molar-refractivity contribution in [2.24, 2.45) is 0 Å². The molecule has 3 atom stereocenters. The summed E-state index contributed by atoms with van der Waals surface area (Å²) in [6.45, 7) is 3.42. The molecule has 0 unspecified atom stereocenters. The summed E-state index contributed by atoms with van der Waals surface area (Å²) in [5, 5.41) is 10.5. The maximum absolute atomic E-state index is 13.8. The van der Waals surface area contributed by atoms with Gasteiger partial charge in [0.2, 0.25) is 11.8 Å². The van der Waals surface area contributed by atoms with Crippen molar-refractivity contribution in [3.63, 3.8) is 0 Å². The summed E-state index contributed by atoms with van der Waals surface area (Å²) in [7, 11) is 3.88. The molecule has 0 radical (unpaired) electrons. The van der Waals surface area contributed by atoms with E-state index in [2.05, 4.69) is 75.4 Å². The third kappa shape index (κ3) is 8.20. The number of aliphatic hydroxyl groups excluding tert-OH is 1. The van der Waals surface area contributed by atoms with Crippen molar-refractivity contribution in [2.45, 2.75) is 50.9 Å². The maximum atomic E-state index is 13.8. The van der Waals surface area contributed by atoms with Gasteiger partial charge in [0.25, 0.3) is 0 Å². The summed E-state index contributed by atoms with van der Waals surface area (Å²) in [4.78, 5) is 48.8. The molecule has 0 spiro atoms. The van der Waals surface area contributed by atoms with Gasteiger partial charge in [-0.15, -0.1) is 0 Å². The highest BCUT2D eigenvalue weighted by molar-refractivity contribution is 5.83. The van der Waals surface area contributed by atoms with Gasteiger partial charge in [-0.05, 0) is 53.9 Å². The predicted molar refractivity (Wildman–Crippen MR) is 211 cm³/mol. The number of benzene rings is 4. The lowest BCUT2D eigenvalue weighted by molar-refractivity contribution is -0.137. The van der Waals surface area contributed by atoms with Gasteiger partial charge in [0.1, 0.15) is 17.7 Å². The smallest absolute Gasteiger partial charge is 0.244 e. The molecule has 0 saturated carbocycles. The number of nitrogens with zero attached hydrogens (tertiary/aromatic N) is 5. The minimum atomic E-state index is -0.586. The molecule has 1 aliphatic rings. The number of H-pyrrole nitrogens is 2. The third-order valence-electron chi connectivity index (χ3n) is 10.1. The van der Waals surface area contributed by atoms with Crippen molar-refractivity contribution >= 4 is 11.8 Å². The second-order valence-electron chi connectivity index (χ2n) is 14.2. The molecule has 0 aliphatic carbocycles. The number of hydrogen-bond acceptors (Lipinski definition) is 6. The lowest BCUT2D eigenvalue weighted by Gasteiger charge is -2.30. The van der Waals surface area contributed by atoms with Gasteiger partial charge in [-0.25, -0.2) is 9.97 Å². The minimum absolute atomic E-state index is 0.0213. The predicted octanol–water partition coefficient (Wildman–Crippen LogP) is 7.05. The molecule has 1 aliphatic heterocycles. The molecule has 7 rings (SSSR count). The number of aromatic amines is 2. The Morgan fingerprint density at radius 2 is 1.37 bits per heavy atom. The number of imidazole rings is 2. The van der Waals surface area contributed by atoms with E-state index in [0.29, 0.717) is 31.9 Å². The molecule has 6 aromatic rings. The SMILES string of the molecule is CCCN(Cc1ncc(-c2ccc(-c3ccc(-c4cnc([C@@H]5C[C@H](O)CN5C(=O)Cc5ccccc5)[nH]4)cc3)cc2)[nH]1)C(=O)[C@@H](c1ccccc1)N(C)C. The molecule has 3 heterocycles. The second kappa shape index (κ2) is 16.4. The number of aliphatic hydroxyl groups is 1. The van der Waals surface area contributed by atoms with Gasteiger partial charge in [-0.1, -0.05) is 116 Å². The van der Waals surface area contributed by atoms with Gasteiger partial charge in [-0.2, -0.15) is 0 Å². The van der Waals surface area contributed by atoms with Gasteiger partial charge >= 0.3 is 0 Å². The first-order valence-corrected chi connectivity index (χ1v) is 18.6. The van der Waals surface area contributed by atoms with Crippen LogP contribution in [0.5, 0.6) is 0 Å². The summed E-state index contributed by atoms with van der Waals surface area (Å²) in [6.07, 6.45) is 4.63. The van der Waals surface area contributed by atoms with Crippen LogP contribution >= 0.6 is 0 Å². The first-order valence-electron chi connectivity index (χ1n) is 18.6. The zero-order valence-corrected chi connectivity index (χ0v) is 31.0. The van der Waals surface area contributed by atoms with Crippen LogP contribution in [0.25, 0.3) is 33.6 Å². The molecule has 10 nitrogen and oxygen atoms in total. The van der Waals surface area contributed by atoms with Crippen molar-refractivity contribution in [3.05, 3.63) is 144 Å². The topological polar surface area (TPSA) is 121 Å². The van der Waals surface area contributed by atoms with Gasteiger partial charge in [-0.3, -0.25) is 14.5 Å². The number of likely N-dealkylation sites (N-methyl/N-ethyl adjacent to an activating group) is 1. The van der Waals surface area contributed by atoms with Crippen LogP contribution in [0, 0.1) is 0 Å². The lowest BCUT2D eigenvalue weighted by atomic mass is 10.0. The molecule has 1 saturated heterocycles. The Morgan fingerprint density at radius 3 is 1.98 bits per heavy atom. The van der Waals surface area contributed by atoms with Crippen LogP contribution in [0.15, 0.2) is 122 Å². The molecule has 2 amide bonds. The van der Waals surface area contributed by atoms with E-state index >= 15 is 0 Å². The van der Waals surface area contributed by atoms with Crippen molar-refractivity contribution in [3.8, 4) is 33.6 Å². The van der Waals surface area contributed by atoms with Crippen molar-refractivity contribution < 1.29 is 14.7 Å². The molecule has 0 bridgehead atoms. The van der Waals surface area contributed by atoms with Gasteiger partial charge in [0.15, 0.2) is 0 Å². The van der Waals surface area contributed by atoms with Crippen molar-refractivity contribution in [2.75, 3.05) is 27.2 Å². The highest BCUT2D eigenvalue weighted by Crippen LogP contribution is 2.33. The molecular formula is C44H47N7O3. The van der Waals surface area contributed by atoms with Crippen molar-refractivity contribution in [1.82, 2.24) is 34.6 Å². The van der Waals surface area contributed by atoms with Gasteiger partial charge < -0.3 is 24.9 Å². The number of β-amino-alcohol motifs (C(OH)–C–C–N with tert-alkyl or cyclic N) is 1. The summed E-state index contributed by atoms with van der Waals surface area (Å²) in [6, 6.07) is 35.6.